The standard InChI is InChI=1S/C10H13N3O4S/c11-3-1-8(14)5-9-12-10(13-17-9)7-2-4-18(15,16)6-7/h7-8,14H,1-2,4-6H2. The van der Waals surface area contributed by atoms with E-state index < -0.39 is 15.9 Å². The molecular formula is C10H13N3O4S. The van der Waals surface area contributed by atoms with Gasteiger partial charge in [0.25, 0.3) is 0 Å². The lowest BCUT2D eigenvalue weighted by atomic mass is 10.1. The number of sulfone groups is 1. The van der Waals surface area contributed by atoms with Gasteiger partial charge in [-0.05, 0) is 6.42 Å². The molecule has 0 bridgehead atoms. The number of aromatic nitrogens is 2. The van der Waals surface area contributed by atoms with Crippen LogP contribution in [-0.4, -0.2) is 41.3 Å². The summed E-state index contributed by atoms with van der Waals surface area (Å²) in [5, 5.41) is 21.6. The van der Waals surface area contributed by atoms with E-state index in [2.05, 4.69) is 10.1 Å². The quantitative estimate of drug-likeness (QED) is 0.804. The Morgan fingerprint density at radius 3 is 3.00 bits per heavy atom. The van der Waals surface area contributed by atoms with Crippen LogP contribution in [0.3, 0.4) is 0 Å². The summed E-state index contributed by atoms with van der Waals surface area (Å²) in [5.41, 5.74) is 0. The highest BCUT2D eigenvalue weighted by atomic mass is 32.2. The van der Waals surface area contributed by atoms with Crippen molar-refractivity contribution >= 4 is 9.84 Å². The minimum atomic E-state index is -2.98. The van der Waals surface area contributed by atoms with Gasteiger partial charge in [-0.3, -0.25) is 0 Å². The molecule has 0 saturated carbocycles. The first-order valence-corrected chi connectivity index (χ1v) is 7.40. The van der Waals surface area contributed by atoms with Crippen LogP contribution in [0.4, 0.5) is 0 Å². The third-order valence-corrected chi connectivity index (χ3v) is 4.59. The summed E-state index contributed by atoms with van der Waals surface area (Å²) in [7, 11) is -2.98. The Kier molecular flexibility index (Phi) is 3.63. The van der Waals surface area contributed by atoms with Gasteiger partial charge in [-0.2, -0.15) is 10.2 Å². The Balaban J connectivity index is 2.01. The zero-order valence-corrected chi connectivity index (χ0v) is 10.4. The lowest BCUT2D eigenvalue weighted by Crippen LogP contribution is -2.10. The molecule has 7 nitrogen and oxygen atoms in total. The molecule has 2 atom stereocenters. The van der Waals surface area contributed by atoms with Crippen molar-refractivity contribution in [2.24, 2.45) is 0 Å². The molecule has 1 aliphatic heterocycles. The van der Waals surface area contributed by atoms with E-state index in [4.69, 9.17) is 9.78 Å². The number of nitrogens with zero attached hydrogens (tertiary/aromatic N) is 3. The minimum absolute atomic E-state index is 0.00444. The molecule has 0 amide bonds. The minimum Gasteiger partial charge on any atom is -0.392 e. The fourth-order valence-electron chi connectivity index (χ4n) is 1.89. The first-order valence-electron chi connectivity index (χ1n) is 5.58. The maximum atomic E-state index is 11.3. The molecule has 1 fully saturated rings. The first-order chi connectivity index (χ1) is 8.50. The molecule has 1 saturated heterocycles. The van der Waals surface area contributed by atoms with Crippen molar-refractivity contribution in [3.05, 3.63) is 11.7 Å². The second-order valence-electron chi connectivity index (χ2n) is 4.37. The maximum absolute atomic E-state index is 11.3. The number of rotatable bonds is 4. The first kappa shape index (κ1) is 13.0. The third-order valence-electron chi connectivity index (χ3n) is 2.82. The molecule has 1 N–H and O–H groups in total. The van der Waals surface area contributed by atoms with E-state index in [-0.39, 0.29) is 36.2 Å². The van der Waals surface area contributed by atoms with Gasteiger partial charge < -0.3 is 9.63 Å². The zero-order valence-electron chi connectivity index (χ0n) is 9.61. The van der Waals surface area contributed by atoms with Gasteiger partial charge in [-0.1, -0.05) is 5.16 Å². The predicted octanol–water partition coefficient (Wildman–Crippen LogP) is -0.211. The van der Waals surface area contributed by atoms with Crippen LogP contribution in [0, 0.1) is 11.3 Å². The van der Waals surface area contributed by atoms with E-state index in [1.807, 2.05) is 6.07 Å². The molecule has 8 heteroatoms. The molecule has 18 heavy (non-hydrogen) atoms. The van der Waals surface area contributed by atoms with Crippen LogP contribution in [0.25, 0.3) is 0 Å². The van der Waals surface area contributed by atoms with Crippen LogP contribution in [0.2, 0.25) is 0 Å². The highest BCUT2D eigenvalue weighted by Crippen LogP contribution is 2.26. The van der Waals surface area contributed by atoms with Crippen molar-refractivity contribution in [1.29, 1.82) is 5.26 Å². The fraction of sp³-hybridized carbons (Fsp3) is 0.700. The van der Waals surface area contributed by atoms with Crippen molar-refractivity contribution in [2.75, 3.05) is 11.5 Å². The van der Waals surface area contributed by atoms with Crippen molar-refractivity contribution in [1.82, 2.24) is 10.1 Å². The summed E-state index contributed by atoms with van der Waals surface area (Å²) < 4.78 is 27.6. The average molecular weight is 271 g/mol. The molecular weight excluding hydrogens is 258 g/mol. The molecule has 0 radical (unpaired) electrons. The fourth-order valence-corrected chi connectivity index (χ4v) is 3.63. The van der Waals surface area contributed by atoms with E-state index >= 15 is 0 Å². The summed E-state index contributed by atoms with van der Waals surface area (Å²) >= 11 is 0. The van der Waals surface area contributed by atoms with Crippen LogP contribution in [0.15, 0.2) is 4.52 Å². The second-order valence-corrected chi connectivity index (χ2v) is 6.60. The summed E-state index contributed by atoms with van der Waals surface area (Å²) in [6.45, 7) is 0. The molecule has 2 rings (SSSR count). The highest BCUT2D eigenvalue weighted by Gasteiger charge is 2.32. The van der Waals surface area contributed by atoms with E-state index in [1.165, 1.54) is 0 Å². The Morgan fingerprint density at radius 2 is 2.39 bits per heavy atom. The van der Waals surface area contributed by atoms with Gasteiger partial charge in [0.1, 0.15) is 0 Å². The Hall–Kier alpha value is -1.46. The van der Waals surface area contributed by atoms with Gasteiger partial charge >= 0.3 is 0 Å². The van der Waals surface area contributed by atoms with E-state index in [1.54, 1.807) is 0 Å². The van der Waals surface area contributed by atoms with Crippen molar-refractivity contribution in [3.8, 4) is 6.07 Å². The topological polar surface area (TPSA) is 117 Å². The molecule has 0 spiro atoms. The number of nitriles is 1. The SMILES string of the molecule is N#CCC(O)Cc1nc(C2CCS(=O)(=O)C2)no1. The molecule has 1 aromatic rings. The largest absolute Gasteiger partial charge is 0.392 e. The smallest absolute Gasteiger partial charge is 0.229 e. The van der Waals surface area contributed by atoms with Gasteiger partial charge in [0, 0.05) is 5.92 Å². The van der Waals surface area contributed by atoms with Crippen LogP contribution in [0.1, 0.15) is 30.5 Å². The highest BCUT2D eigenvalue weighted by molar-refractivity contribution is 7.91. The van der Waals surface area contributed by atoms with E-state index in [9.17, 15) is 13.5 Å². The van der Waals surface area contributed by atoms with Gasteiger partial charge in [-0.15, -0.1) is 0 Å². The number of hydrogen-bond acceptors (Lipinski definition) is 7. The van der Waals surface area contributed by atoms with Gasteiger partial charge in [0.2, 0.25) is 5.89 Å². The molecule has 2 heterocycles. The molecule has 98 valence electrons. The number of aliphatic hydroxyl groups is 1. The van der Waals surface area contributed by atoms with Crippen molar-refractivity contribution in [2.45, 2.75) is 31.3 Å². The number of hydrogen-bond donors (Lipinski definition) is 1. The monoisotopic (exact) mass is 271 g/mol. The molecule has 1 aromatic heterocycles. The van der Waals surface area contributed by atoms with E-state index in [0.717, 1.165) is 0 Å². The predicted molar refractivity (Wildman–Crippen MR) is 60.3 cm³/mol. The molecule has 0 aromatic carbocycles. The van der Waals surface area contributed by atoms with Crippen molar-refractivity contribution < 1.29 is 18.0 Å². The van der Waals surface area contributed by atoms with Crippen LogP contribution >= 0.6 is 0 Å². The number of aliphatic hydroxyl groups excluding tert-OH is 1. The lowest BCUT2D eigenvalue weighted by Gasteiger charge is -2.00. The molecule has 2 unspecified atom stereocenters. The zero-order chi connectivity index (χ0) is 13.2. The summed E-state index contributed by atoms with van der Waals surface area (Å²) in [6.07, 6.45) is -0.229. The van der Waals surface area contributed by atoms with Crippen LogP contribution in [0.5, 0.6) is 0 Å². The Morgan fingerprint density at radius 1 is 1.61 bits per heavy atom. The summed E-state index contributed by atoms with van der Waals surface area (Å²) in [6, 6.07) is 1.84. The van der Waals surface area contributed by atoms with Crippen LogP contribution in [-0.2, 0) is 16.3 Å². The maximum Gasteiger partial charge on any atom is 0.229 e. The Labute approximate surface area is 104 Å². The van der Waals surface area contributed by atoms with Crippen molar-refractivity contribution in [3.63, 3.8) is 0 Å². The average Bonchev–Trinajstić information content (AvgIpc) is 2.85. The molecule has 1 aliphatic rings. The van der Waals surface area contributed by atoms with Gasteiger partial charge in [0.05, 0.1) is 36.5 Å². The lowest BCUT2D eigenvalue weighted by molar-refractivity contribution is 0.167. The van der Waals surface area contributed by atoms with Gasteiger partial charge in [0.15, 0.2) is 15.7 Å². The third kappa shape index (κ3) is 3.05. The summed E-state index contributed by atoms with van der Waals surface area (Å²) in [4.78, 5) is 4.07. The summed E-state index contributed by atoms with van der Waals surface area (Å²) in [5.74, 6) is 0.582. The second kappa shape index (κ2) is 5.04. The van der Waals surface area contributed by atoms with Gasteiger partial charge in [-0.25, -0.2) is 8.42 Å². The van der Waals surface area contributed by atoms with E-state index in [0.29, 0.717) is 12.2 Å². The van der Waals surface area contributed by atoms with Crippen LogP contribution < -0.4 is 0 Å². The Bertz CT molecular complexity index is 560. The molecule has 0 aliphatic carbocycles. The normalized spacial score (nSPS) is 23.7.